The van der Waals surface area contributed by atoms with Gasteiger partial charge in [0, 0.05) is 56.2 Å². The minimum atomic E-state index is -1.29. The summed E-state index contributed by atoms with van der Waals surface area (Å²) in [6.45, 7) is 10.3. The van der Waals surface area contributed by atoms with Gasteiger partial charge in [-0.1, -0.05) is 63.4 Å². The molecule has 2 saturated carbocycles. The van der Waals surface area contributed by atoms with Gasteiger partial charge >= 0.3 is 0 Å². The van der Waals surface area contributed by atoms with Crippen LogP contribution in [0.15, 0.2) is 42.7 Å². The molecular formula is C36H49N5O5. The van der Waals surface area contributed by atoms with Crippen LogP contribution in [0.1, 0.15) is 75.7 Å². The van der Waals surface area contributed by atoms with E-state index in [-0.39, 0.29) is 41.5 Å². The van der Waals surface area contributed by atoms with E-state index in [2.05, 4.69) is 24.3 Å². The summed E-state index contributed by atoms with van der Waals surface area (Å²) in [6, 6.07) is 9.26. The van der Waals surface area contributed by atoms with Crippen molar-refractivity contribution in [3.63, 3.8) is 0 Å². The molecule has 46 heavy (non-hydrogen) atoms. The molecule has 2 N–H and O–H groups in total. The zero-order valence-corrected chi connectivity index (χ0v) is 27.7. The number of fused-ring (bicyclic) bond motifs is 3. The predicted octanol–water partition coefficient (Wildman–Crippen LogP) is 3.34. The highest BCUT2D eigenvalue weighted by Gasteiger charge is 2.70. The number of carbonyl (C=O) groups is 3. The second-order valence-corrected chi connectivity index (χ2v) is 16.0. The smallest absolute Gasteiger partial charge is 0.257 e. The summed E-state index contributed by atoms with van der Waals surface area (Å²) in [5.74, 6) is -0.658. The van der Waals surface area contributed by atoms with E-state index in [4.69, 9.17) is 4.74 Å². The van der Waals surface area contributed by atoms with E-state index in [0.717, 1.165) is 18.4 Å². The Labute approximate surface area is 271 Å². The number of ether oxygens (including phenoxy) is 1. The van der Waals surface area contributed by atoms with Crippen molar-refractivity contribution in [2.24, 2.45) is 34.5 Å². The van der Waals surface area contributed by atoms with Crippen LogP contribution >= 0.6 is 0 Å². The number of hydrogen-bond acceptors (Lipinski definition) is 6. The van der Waals surface area contributed by atoms with Crippen LogP contribution in [0.3, 0.4) is 0 Å². The maximum Gasteiger partial charge on any atom is 0.257 e. The third kappa shape index (κ3) is 5.55. The molecule has 10 nitrogen and oxygen atoms in total. The van der Waals surface area contributed by atoms with Gasteiger partial charge in [0.15, 0.2) is 0 Å². The Bertz CT molecular complexity index is 1470. The summed E-state index contributed by atoms with van der Waals surface area (Å²) in [5, 5.41) is 19.2. The quantitative estimate of drug-likeness (QED) is 0.485. The number of amides is 3. The van der Waals surface area contributed by atoms with Crippen LogP contribution in [0, 0.1) is 34.5 Å². The average molecular weight is 632 g/mol. The van der Waals surface area contributed by atoms with Gasteiger partial charge in [0.2, 0.25) is 11.8 Å². The van der Waals surface area contributed by atoms with E-state index in [1.54, 1.807) is 35.8 Å². The molecular weight excluding hydrogens is 582 g/mol. The van der Waals surface area contributed by atoms with Gasteiger partial charge in [0.05, 0.1) is 42.0 Å². The normalized spacial score (nSPS) is 30.5. The Morgan fingerprint density at radius 2 is 1.80 bits per heavy atom. The summed E-state index contributed by atoms with van der Waals surface area (Å²) in [7, 11) is 0. The van der Waals surface area contributed by atoms with Gasteiger partial charge in [-0.2, -0.15) is 5.10 Å². The minimum Gasteiger partial charge on any atom is -0.388 e. The fraction of sp³-hybridized carbons (Fsp3) is 0.667. The monoisotopic (exact) mass is 631 g/mol. The third-order valence-corrected chi connectivity index (χ3v) is 11.8. The molecule has 0 radical (unpaired) electrons. The van der Waals surface area contributed by atoms with Gasteiger partial charge < -0.3 is 25.0 Å². The van der Waals surface area contributed by atoms with Crippen LogP contribution in [-0.2, 0) is 20.9 Å². The summed E-state index contributed by atoms with van der Waals surface area (Å²) >= 11 is 0. The van der Waals surface area contributed by atoms with E-state index in [1.165, 1.54) is 19.3 Å². The molecule has 1 spiro atoms. The summed E-state index contributed by atoms with van der Waals surface area (Å²) in [5.41, 5.74) is -0.567. The van der Waals surface area contributed by atoms with E-state index >= 15 is 0 Å². The summed E-state index contributed by atoms with van der Waals surface area (Å²) < 4.78 is 8.48. The van der Waals surface area contributed by atoms with Gasteiger partial charge in [-0.05, 0) is 43.6 Å². The molecule has 1 unspecified atom stereocenters. The molecule has 6 fully saturated rings. The predicted molar refractivity (Wildman–Crippen MR) is 171 cm³/mol. The lowest BCUT2D eigenvalue weighted by Crippen LogP contribution is -2.65. The summed E-state index contributed by atoms with van der Waals surface area (Å²) in [4.78, 5) is 45.8. The van der Waals surface area contributed by atoms with Crippen LogP contribution < -0.4 is 5.32 Å². The van der Waals surface area contributed by atoms with Crippen LogP contribution in [-0.4, -0.2) is 92.9 Å². The highest BCUT2D eigenvalue weighted by molar-refractivity contribution is 5.95. The number of nitrogens with one attached hydrogen (secondary N) is 1. The average Bonchev–Trinajstić information content (AvgIpc) is 3.33. The number of hydrogen-bond donors (Lipinski definition) is 2. The molecule has 1 aromatic carbocycles. The summed E-state index contributed by atoms with van der Waals surface area (Å²) in [6.07, 6.45) is 8.74. The number of aliphatic hydroxyl groups is 1. The molecule has 5 heterocycles. The number of likely N-dealkylation sites (tertiary alicyclic amines) is 1. The number of benzene rings is 1. The molecule has 2 aromatic rings. The van der Waals surface area contributed by atoms with E-state index in [0.29, 0.717) is 44.3 Å². The zero-order chi connectivity index (χ0) is 32.4. The van der Waals surface area contributed by atoms with Crippen LogP contribution in [0.4, 0.5) is 0 Å². The van der Waals surface area contributed by atoms with Gasteiger partial charge in [-0.15, -0.1) is 0 Å². The lowest BCUT2D eigenvalue weighted by atomic mass is 9.70. The largest absolute Gasteiger partial charge is 0.388 e. The molecule has 4 aliphatic heterocycles. The van der Waals surface area contributed by atoms with Crippen molar-refractivity contribution in [2.75, 3.05) is 32.8 Å². The Hall–Kier alpha value is -3.24. The zero-order valence-electron chi connectivity index (χ0n) is 27.7. The first kappa shape index (κ1) is 31.4. The van der Waals surface area contributed by atoms with Crippen molar-refractivity contribution in [1.29, 1.82) is 0 Å². The van der Waals surface area contributed by atoms with Gasteiger partial charge in [-0.3, -0.25) is 19.1 Å². The molecule has 4 saturated heterocycles. The molecule has 5 atom stereocenters. The molecule has 1 aromatic heterocycles. The molecule has 8 rings (SSSR count). The molecule has 2 aliphatic carbocycles. The lowest BCUT2D eigenvalue weighted by Gasteiger charge is -2.50. The highest BCUT2D eigenvalue weighted by atomic mass is 16.5. The Morgan fingerprint density at radius 1 is 1.09 bits per heavy atom. The topological polar surface area (TPSA) is 117 Å². The molecule has 6 aliphatic rings. The Balaban J connectivity index is 1.14. The molecule has 248 valence electrons. The van der Waals surface area contributed by atoms with Crippen molar-refractivity contribution in [3.8, 4) is 0 Å². The van der Waals surface area contributed by atoms with Crippen molar-refractivity contribution < 1.29 is 24.2 Å². The van der Waals surface area contributed by atoms with Gasteiger partial charge in [0.25, 0.3) is 5.91 Å². The number of carbonyl (C=O) groups excluding carboxylic acids is 3. The fourth-order valence-electron chi connectivity index (χ4n) is 9.07. The first-order chi connectivity index (χ1) is 21.9. The molecule has 2 bridgehead atoms. The van der Waals surface area contributed by atoms with Crippen molar-refractivity contribution in [1.82, 2.24) is 24.9 Å². The Kier molecular flexibility index (Phi) is 7.82. The first-order valence-corrected chi connectivity index (χ1v) is 17.2. The fourth-order valence-corrected chi connectivity index (χ4v) is 9.07. The third-order valence-electron chi connectivity index (χ3n) is 11.8. The highest BCUT2D eigenvalue weighted by Crippen LogP contribution is 2.63. The van der Waals surface area contributed by atoms with E-state index < -0.39 is 29.1 Å². The SMILES string of the molecule is CC(C)(O)[C@H]1NC(=O)[C@@H]2CN(C(=O)c3cnn(Cc4ccccc4)c3)CC23CN(C3)C(=O)[C@H]2C([C@H]1OCC1CCCCC1)C2(C)C. The van der Waals surface area contributed by atoms with Crippen LogP contribution in [0.5, 0.6) is 0 Å². The lowest BCUT2D eigenvalue weighted by molar-refractivity contribution is -0.151. The maximum absolute atomic E-state index is 14.3. The number of nitrogens with zero attached hydrogens (tertiary/aromatic N) is 4. The second-order valence-electron chi connectivity index (χ2n) is 16.0. The van der Waals surface area contributed by atoms with Gasteiger partial charge in [0.1, 0.15) is 0 Å². The Morgan fingerprint density at radius 3 is 2.50 bits per heavy atom. The van der Waals surface area contributed by atoms with Crippen LogP contribution in [0.25, 0.3) is 0 Å². The van der Waals surface area contributed by atoms with E-state index in [9.17, 15) is 19.5 Å². The van der Waals surface area contributed by atoms with Crippen LogP contribution in [0.2, 0.25) is 0 Å². The maximum atomic E-state index is 14.3. The first-order valence-electron chi connectivity index (χ1n) is 17.2. The molecule has 10 heteroatoms. The number of aromatic nitrogens is 2. The van der Waals surface area contributed by atoms with Crippen molar-refractivity contribution in [2.45, 2.75) is 84.1 Å². The minimum absolute atomic E-state index is 0.0986. The van der Waals surface area contributed by atoms with E-state index in [1.807, 2.05) is 35.2 Å². The van der Waals surface area contributed by atoms with Crippen molar-refractivity contribution >= 4 is 17.7 Å². The number of rotatable bonds is 7. The molecule has 3 amide bonds. The van der Waals surface area contributed by atoms with Gasteiger partial charge in [-0.25, -0.2) is 0 Å². The second kappa shape index (κ2) is 11.5. The standard InChI is InChI=1S/C36H49N5O5/c1-34(2)27-28(34)33(44)40-21-36(22-40)20-39(32(43)25-15-37-41(17-25)16-23-11-7-5-8-12-23)18-26(36)31(42)38-30(35(3,4)45)29(27)46-19-24-13-9-6-10-14-24/h5,7-8,11-12,15,17,24,26-30,45H,6,9-10,13-14,16,18-22H2,1-4H3,(H,38,42)/t26-,27?,28+,29+,30-/m0/s1. The van der Waals surface area contributed by atoms with Crippen molar-refractivity contribution in [3.05, 3.63) is 53.9 Å².